The molecule has 1 atom stereocenters. The van der Waals surface area contributed by atoms with E-state index in [1.165, 1.54) is 0 Å². The van der Waals surface area contributed by atoms with Crippen LogP contribution in [0.15, 0.2) is 60.7 Å². The highest BCUT2D eigenvalue weighted by Gasteiger charge is 2.34. The Labute approximate surface area is 190 Å². The molecule has 4 rings (SSSR count). The molecule has 1 unspecified atom stereocenters. The zero-order valence-electron chi connectivity index (χ0n) is 19.3. The second-order valence-corrected chi connectivity index (χ2v) is 8.89. The molecule has 0 spiro atoms. The van der Waals surface area contributed by atoms with Crippen molar-refractivity contribution < 1.29 is 9.47 Å². The minimum Gasteiger partial charge on any atom is -0.457 e. The molecule has 1 aliphatic rings. The van der Waals surface area contributed by atoms with E-state index in [-0.39, 0.29) is 11.6 Å². The molecule has 1 aliphatic heterocycles. The molecule has 0 bridgehead atoms. The number of hydrogen-bond acceptors (Lipinski definition) is 6. The smallest absolute Gasteiger partial charge is 0.136 e. The van der Waals surface area contributed by atoms with Crippen LogP contribution in [0.4, 0.5) is 17.3 Å². The highest BCUT2D eigenvalue weighted by Crippen LogP contribution is 2.30. The highest BCUT2D eigenvalue weighted by atomic mass is 16.5. The zero-order chi connectivity index (χ0) is 22.6. The molecule has 6 nitrogen and oxygen atoms in total. The van der Waals surface area contributed by atoms with Gasteiger partial charge in [-0.15, -0.1) is 0 Å². The van der Waals surface area contributed by atoms with E-state index in [9.17, 15) is 0 Å². The minimum atomic E-state index is -0.127. The Kier molecular flexibility index (Phi) is 6.61. The Morgan fingerprint density at radius 2 is 1.78 bits per heavy atom. The second kappa shape index (κ2) is 9.57. The summed E-state index contributed by atoms with van der Waals surface area (Å²) in [5.41, 5.74) is 0.824. The number of aryl methyl sites for hydroxylation is 1. The topological polar surface area (TPSA) is 59.5 Å². The first-order valence-corrected chi connectivity index (χ1v) is 11.3. The molecule has 0 radical (unpaired) electrons. The van der Waals surface area contributed by atoms with Gasteiger partial charge in [0.2, 0.25) is 0 Å². The van der Waals surface area contributed by atoms with E-state index in [1.807, 2.05) is 60.7 Å². The van der Waals surface area contributed by atoms with E-state index in [0.29, 0.717) is 6.61 Å². The average molecular weight is 433 g/mol. The predicted octanol–water partition coefficient (Wildman–Crippen LogP) is 5.97. The van der Waals surface area contributed by atoms with Crippen molar-refractivity contribution in [3.63, 3.8) is 0 Å². The third-order valence-corrected chi connectivity index (χ3v) is 5.51. The molecule has 2 heterocycles. The van der Waals surface area contributed by atoms with Crippen LogP contribution in [0.5, 0.6) is 11.5 Å². The van der Waals surface area contributed by atoms with Gasteiger partial charge in [-0.25, -0.2) is 9.97 Å². The molecule has 32 heavy (non-hydrogen) atoms. The summed E-state index contributed by atoms with van der Waals surface area (Å²) in [6.45, 7) is 10.1. The lowest BCUT2D eigenvalue weighted by atomic mass is 10.0. The van der Waals surface area contributed by atoms with Crippen LogP contribution in [0.1, 0.15) is 39.9 Å². The van der Waals surface area contributed by atoms with Crippen molar-refractivity contribution in [3.05, 3.63) is 66.5 Å². The first kappa shape index (κ1) is 22.1. The molecule has 1 fully saturated rings. The number of benzene rings is 2. The highest BCUT2D eigenvalue weighted by molar-refractivity contribution is 5.61. The monoisotopic (exact) mass is 432 g/mol. The van der Waals surface area contributed by atoms with E-state index in [1.54, 1.807) is 0 Å². The van der Waals surface area contributed by atoms with Crippen molar-refractivity contribution >= 4 is 17.3 Å². The maximum atomic E-state index is 5.89. The van der Waals surface area contributed by atoms with Crippen LogP contribution in [0.3, 0.4) is 0 Å². The normalized spacial score (nSPS) is 17.8. The summed E-state index contributed by atoms with van der Waals surface area (Å²) in [6, 6.07) is 19.7. The van der Waals surface area contributed by atoms with Gasteiger partial charge in [-0.05, 0) is 63.6 Å². The molecule has 1 N–H and O–H groups in total. The number of ether oxygens (including phenoxy) is 2. The Balaban J connectivity index is 1.55. The molecule has 2 aromatic carbocycles. The van der Waals surface area contributed by atoms with Gasteiger partial charge in [-0.1, -0.05) is 25.1 Å². The summed E-state index contributed by atoms with van der Waals surface area (Å²) >= 11 is 0. The summed E-state index contributed by atoms with van der Waals surface area (Å²) in [6.07, 6.45) is 2.01. The predicted molar refractivity (Wildman–Crippen MR) is 129 cm³/mol. The fraction of sp³-hybridized carbons (Fsp3) is 0.385. The number of nitrogens with one attached hydrogen (secondary N) is 1. The van der Waals surface area contributed by atoms with Crippen LogP contribution in [-0.2, 0) is 11.2 Å². The largest absolute Gasteiger partial charge is 0.457 e. The maximum Gasteiger partial charge on any atom is 0.136 e. The molecule has 1 aromatic heterocycles. The standard InChI is InChI=1S/C26H32N4O2/c1-5-9-23-28-24(16-25(29-23)30-17-19(2)31-18-26(30,3)4)27-20-12-14-22(15-13-20)32-21-10-7-6-8-11-21/h6-8,10-16,19H,5,9,17-18H2,1-4H3,(H,27,28,29). The van der Waals surface area contributed by atoms with Gasteiger partial charge in [-0.3, -0.25) is 0 Å². The Bertz CT molecular complexity index is 1020. The van der Waals surface area contributed by atoms with E-state index < -0.39 is 0 Å². The molecule has 0 saturated carbocycles. The van der Waals surface area contributed by atoms with Gasteiger partial charge in [0.05, 0.1) is 18.2 Å². The second-order valence-electron chi connectivity index (χ2n) is 8.89. The molecule has 0 aliphatic carbocycles. The van der Waals surface area contributed by atoms with Crippen LogP contribution in [0.25, 0.3) is 0 Å². The van der Waals surface area contributed by atoms with E-state index in [4.69, 9.17) is 19.4 Å². The van der Waals surface area contributed by atoms with E-state index in [2.05, 4.69) is 37.9 Å². The van der Waals surface area contributed by atoms with Gasteiger partial charge in [0.15, 0.2) is 0 Å². The summed E-state index contributed by atoms with van der Waals surface area (Å²) < 4.78 is 11.8. The van der Waals surface area contributed by atoms with Crippen molar-refractivity contribution in [2.45, 2.75) is 52.2 Å². The number of rotatable bonds is 7. The fourth-order valence-corrected chi connectivity index (χ4v) is 3.78. The van der Waals surface area contributed by atoms with Gasteiger partial charge in [0.25, 0.3) is 0 Å². The first-order chi connectivity index (χ1) is 15.4. The molecule has 0 amide bonds. The fourth-order valence-electron chi connectivity index (χ4n) is 3.78. The average Bonchev–Trinajstić information content (AvgIpc) is 2.78. The van der Waals surface area contributed by atoms with Crippen molar-refractivity contribution in [1.82, 2.24) is 9.97 Å². The van der Waals surface area contributed by atoms with Crippen LogP contribution < -0.4 is 15.0 Å². The first-order valence-electron chi connectivity index (χ1n) is 11.3. The Morgan fingerprint density at radius 3 is 2.50 bits per heavy atom. The number of aromatic nitrogens is 2. The van der Waals surface area contributed by atoms with Gasteiger partial charge < -0.3 is 19.7 Å². The van der Waals surface area contributed by atoms with Crippen molar-refractivity contribution in [2.75, 3.05) is 23.4 Å². The minimum absolute atomic E-state index is 0.127. The maximum absolute atomic E-state index is 5.89. The number of nitrogens with zero attached hydrogens (tertiary/aromatic N) is 3. The Hall–Kier alpha value is -3.12. The molecular weight excluding hydrogens is 400 g/mol. The number of morpholine rings is 1. The lowest BCUT2D eigenvalue weighted by Crippen LogP contribution is -2.56. The molecule has 168 valence electrons. The number of para-hydroxylation sites is 1. The van der Waals surface area contributed by atoms with Crippen LogP contribution in [0, 0.1) is 0 Å². The van der Waals surface area contributed by atoms with Gasteiger partial charge in [0, 0.05) is 24.7 Å². The third-order valence-electron chi connectivity index (χ3n) is 5.51. The summed E-state index contributed by atoms with van der Waals surface area (Å²) in [5.74, 6) is 4.20. The van der Waals surface area contributed by atoms with Gasteiger partial charge in [-0.2, -0.15) is 0 Å². The summed E-state index contributed by atoms with van der Waals surface area (Å²) in [7, 11) is 0. The van der Waals surface area contributed by atoms with Crippen LogP contribution in [0.2, 0.25) is 0 Å². The van der Waals surface area contributed by atoms with Crippen molar-refractivity contribution in [3.8, 4) is 11.5 Å². The third kappa shape index (κ3) is 5.37. The van der Waals surface area contributed by atoms with Gasteiger partial charge >= 0.3 is 0 Å². The van der Waals surface area contributed by atoms with E-state index in [0.717, 1.165) is 54.0 Å². The van der Waals surface area contributed by atoms with E-state index >= 15 is 0 Å². The summed E-state index contributed by atoms with van der Waals surface area (Å²) in [5, 5.41) is 3.45. The number of hydrogen-bond donors (Lipinski definition) is 1. The SMILES string of the molecule is CCCc1nc(Nc2ccc(Oc3ccccc3)cc2)cc(N2CC(C)OCC2(C)C)n1. The zero-order valence-corrected chi connectivity index (χ0v) is 19.3. The van der Waals surface area contributed by atoms with Crippen molar-refractivity contribution in [1.29, 1.82) is 0 Å². The molecule has 6 heteroatoms. The van der Waals surface area contributed by atoms with Crippen molar-refractivity contribution in [2.24, 2.45) is 0 Å². The summed E-state index contributed by atoms with van der Waals surface area (Å²) in [4.78, 5) is 12.0. The lowest BCUT2D eigenvalue weighted by molar-refractivity contribution is 0.00659. The van der Waals surface area contributed by atoms with Gasteiger partial charge in [0.1, 0.15) is 29.0 Å². The quantitative estimate of drug-likeness (QED) is 0.496. The Morgan fingerprint density at radius 1 is 1.06 bits per heavy atom. The van der Waals surface area contributed by atoms with Crippen LogP contribution in [-0.4, -0.2) is 34.8 Å². The molecule has 3 aromatic rings. The van der Waals surface area contributed by atoms with Crippen LogP contribution >= 0.6 is 0 Å². The molecular formula is C26H32N4O2. The molecule has 1 saturated heterocycles. The lowest BCUT2D eigenvalue weighted by Gasteiger charge is -2.45. The number of anilines is 3.